The van der Waals surface area contributed by atoms with Crippen LogP contribution in [0.25, 0.3) is 88.0 Å². The van der Waals surface area contributed by atoms with E-state index in [1.165, 1.54) is 38.2 Å². The van der Waals surface area contributed by atoms with Crippen molar-refractivity contribution in [2.75, 3.05) is 4.90 Å². The molecule has 0 saturated carbocycles. The summed E-state index contributed by atoms with van der Waals surface area (Å²) in [6, 6.07) is 80.8. The maximum Gasteiger partial charge on any atom is 0.143 e. The first kappa shape index (κ1) is 33.6. The van der Waals surface area contributed by atoms with Gasteiger partial charge in [0.05, 0.1) is 5.69 Å². The van der Waals surface area contributed by atoms with Gasteiger partial charge in [0.1, 0.15) is 11.2 Å². The molecule has 272 valence electrons. The summed E-state index contributed by atoms with van der Waals surface area (Å²) in [7, 11) is 0. The number of para-hydroxylation sites is 2. The van der Waals surface area contributed by atoms with E-state index < -0.39 is 0 Å². The second kappa shape index (κ2) is 14.1. The number of hydrogen-bond acceptors (Lipinski definition) is 2. The van der Waals surface area contributed by atoms with Gasteiger partial charge in [0.25, 0.3) is 0 Å². The molecule has 0 fully saturated rings. The summed E-state index contributed by atoms with van der Waals surface area (Å²) in [6.07, 6.45) is 0. The fourth-order valence-electron chi connectivity index (χ4n) is 8.69. The lowest BCUT2D eigenvalue weighted by atomic mass is 9.91. The van der Waals surface area contributed by atoms with E-state index in [0.29, 0.717) is 0 Å². The summed E-state index contributed by atoms with van der Waals surface area (Å²) < 4.78 is 6.56. The average molecular weight is 740 g/mol. The van der Waals surface area contributed by atoms with Crippen molar-refractivity contribution in [1.82, 2.24) is 0 Å². The van der Waals surface area contributed by atoms with E-state index in [0.717, 1.165) is 66.8 Å². The van der Waals surface area contributed by atoms with E-state index in [4.69, 9.17) is 4.42 Å². The van der Waals surface area contributed by atoms with Crippen molar-refractivity contribution in [2.24, 2.45) is 0 Å². The molecule has 0 saturated heterocycles. The molecule has 58 heavy (non-hydrogen) atoms. The van der Waals surface area contributed by atoms with Crippen molar-refractivity contribution in [3.05, 3.63) is 224 Å². The standard InChI is InChI=1S/C56H37NO/c1-3-15-38(16-4-1)39-29-32-44(33-30-39)57(45-21-13-20-41(35-45)48-26-14-27-52-51-25-11-12-28-55(51)58-56(48)52)54-37-43(31-34-47(54)40-17-5-2-6-18-40)53-36-42-19-7-8-22-46(42)49-23-9-10-24-50(49)53/h1-37H. The highest BCUT2D eigenvalue weighted by Crippen LogP contribution is 2.46. The van der Waals surface area contributed by atoms with Crippen LogP contribution in [-0.2, 0) is 0 Å². The van der Waals surface area contributed by atoms with Crippen molar-refractivity contribution < 1.29 is 4.42 Å². The fraction of sp³-hybridized carbons (Fsp3) is 0. The van der Waals surface area contributed by atoms with Crippen LogP contribution in [0.15, 0.2) is 229 Å². The molecular formula is C56H37NO. The largest absolute Gasteiger partial charge is 0.455 e. The van der Waals surface area contributed by atoms with Gasteiger partial charge in [-0.25, -0.2) is 0 Å². The summed E-state index contributed by atoms with van der Waals surface area (Å²) in [5, 5.41) is 7.23. The van der Waals surface area contributed by atoms with Gasteiger partial charge in [-0.15, -0.1) is 0 Å². The Kier molecular flexibility index (Phi) is 8.19. The minimum Gasteiger partial charge on any atom is -0.455 e. The van der Waals surface area contributed by atoms with E-state index in [1.807, 2.05) is 12.1 Å². The predicted octanol–water partition coefficient (Wildman–Crippen LogP) is 16.0. The monoisotopic (exact) mass is 739 g/mol. The van der Waals surface area contributed by atoms with Crippen LogP contribution in [0.5, 0.6) is 0 Å². The minimum atomic E-state index is 0.895. The molecule has 11 rings (SSSR count). The Balaban J connectivity index is 1.16. The lowest BCUT2D eigenvalue weighted by Gasteiger charge is -2.29. The van der Waals surface area contributed by atoms with Gasteiger partial charge in [0.15, 0.2) is 0 Å². The maximum absolute atomic E-state index is 6.56. The number of hydrogen-bond donors (Lipinski definition) is 0. The summed E-state index contributed by atoms with van der Waals surface area (Å²) in [5.74, 6) is 0. The van der Waals surface area contributed by atoms with Gasteiger partial charge in [-0.2, -0.15) is 0 Å². The summed E-state index contributed by atoms with van der Waals surface area (Å²) in [4.78, 5) is 2.42. The Bertz CT molecular complexity index is 3270. The van der Waals surface area contributed by atoms with Crippen LogP contribution in [0, 0.1) is 0 Å². The second-order valence-electron chi connectivity index (χ2n) is 14.9. The second-order valence-corrected chi connectivity index (χ2v) is 14.9. The highest BCUT2D eigenvalue weighted by Gasteiger charge is 2.21. The Hall–Kier alpha value is -7.68. The molecule has 0 aliphatic heterocycles. The van der Waals surface area contributed by atoms with Crippen molar-refractivity contribution in [2.45, 2.75) is 0 Å². The molecule has 10 aromatic carbocycles. The van der Waals surface area contributed by atoms with Crippen LogP contribution < -0.4 is 4.90 Å². The van der Waals surface area contributed by atoms with Crippen LogP contribution in [0.1, 0.15) is 0 Å². The zero-order valence-electron chi connectivity index (χ0n) is 31.7. The smallest absolute Gasteiger partial charge is 0.143 e. The third-order valence-electron chi connectivity index (χ3n) is 11.5. The first-order valence-corrected chi connectivity index (χ1v) is 19.8. The van der Waals surface area contributed by atoms with Gasteiger partial charge in [0.2, 0.25) is 0 Å². The molecule has 1 aromatic heterocycles. The number of rotatable bonds is 7. The molecule has 2 heteroatoms. The zero-order chi connectivity index (χ0) is 38.4. The first-order valence-electron chi connectivity index (χ1n) is 19.8. The van der Waals surface area contributed by atoms with Crippen molar-refractivity contribution in [3.8, 4) is 44.5 Å². The van der Waals surface area contributed by atoms with E-state index >= 15 is 0 Å². The third kappa shape index (κ3) is 5.82. The minimum absolute atomic E-state index is 0.895. The SMILES string of the molecule is c1ccc(-c2ccc(N(c3cccc(-c4cccc5c4oc4ccccc45)c3)c3cc(-c4cc5ccccc5c5ccccc45)ccc3-c3ccccc3)cc2)cc1. The fourth-order valence-corrected chi connectivity index (χ4v) is 8.69. The molecule has 0 spiro atoms. The number of anilines is 3. The van der Waals surface area contributed by atoms with E-state index in [1.54, 1.807) is 0 Å². The molecule has 0 unspecified atom stereocenters. The Morgan fingerprint density at radius 2 is 0.879 bits per heavy atom. The topological polar surface area (TPSA) is 16.4 Å². The van der Waals surface area contributed by atoms with E-state index in [2.05, 4.69) is 217 Å². The van der Waals surface area contributed by atoms with E-state index in [-0.39, 0.29) is 0 Å². The molecule has 0 radical (unpaired) electrons. The third-order valence-corrected chi connectivity index (χ3v) is 11.5. The Morgan fingerprint density at radius 1 is 0.293 bits per heavy atom. The maximum atomic E-state index is 6.56. The molecule has 0 aliphatic carbocycles. The van der Waals surface area contributed by atoms with Crippen molar-refractivity contribution in [3.63, 3.8) is 0 Å². The van der Waals surface area contributed by atoms with Crippen molar-refractivity contribution >= 4 is 60.5 Å². The summed E-state index contributed by atoms with van der Waals surface area (Å²) >= 11 is 0. The predicted molar refractivity (Wildman–Crippen MR) is 245 cm³/mol. The quantitative estimate of drug-likeness (QED) is 0.151. The Morgan fingerprint density at radius 3 is 1.69 bits per heavy atom. The van der Waals surface area contributed by atoms with E-state index in [9.17, 15) is 0 Å². The molecule has 2 nitrogen and oxygen atoms in total. The lowest BCUT2D eigenvalue weighted by molar-refractivity contribution is 0.670. The molecule has 1 heterocycles. The molecular weight excluding hydrogens is 703 g/mol. The number of furan rings is 1. The molecule has 0 atom stereocenters. The number of fused-ring (bicyclic) bond motifs is 6. The van der Waals surface area contributed by atoms with Crippen LogP contribution in [0.4, 0.5) is 17.1 Å². The number of benzene rings is 10. The van der Waals surface area contributed by atoms with Crippen LogP contribution in [0.2, 0.25) is 0 Å². The zero-order valence-corrected chi connectivity index (χ0v) is 31.7. The number of nitrogens with zero attached hydrogens (tertiary/aromatic N) is 1. The van der Waals surface area contributed by atoms with Gasteiger partial charge >= 0.3 is 0 Å². The van der Waals surface area contributed by atoms with Gasteiger partial charge in [-0.05, 0) is 97.4 Å². The highest BCUT2D eigenvalue weighted by atomic mass is 16.3. The molecule has 0 bridgehead atoms. The molecule has 0 N–H and O–H groups in total. The van der Waals surface area contributed by atoms with Crippen LogP contribution in [0.3, 0.4) is 0 Å². The van der Waals surface area contributed by atoms with Gasteiger partial charge < -0.3 is 9.32 Å². The molecule has 0 aliphatic rings. The summed E-state index contributed by atoms with van der Waals surface area (Å²) in [5.41, 5.74) is 14.2. The highest BCUT2D eigenvalue weighted by molar-refractivity contribution is 6.14. The van der Waals surface area contributed by atoms with Crippen molar-refractivity contribution in [1.29, 1.82) is 0 Å². The van der Waals surface area contributed by atoms with Gasteiger partial charge in [-0.1, -0.05) is 182 Å². The van der Waals surface area contributed by atoms with Gasteiger partial charge in [-0.3, -0.25) is 0 Å². The van der Waals surface area contributed by atoms with Crippen LogP contribution in [-0.4, -0.2) is 0 Å². The summed E-state index contributed by atoms with van der Waals surface area (Å²) in [6.45, 7) is 0. The Labute approximate surface area is 337 Å². The lowest BCUT2D eigenvalue weighted by Crippen LogP contribution is -2.11. The van der Waals surface area contributed by atoms with Crippen LogP contribution >= 0.6 is 0 Å². The molecule has 0 amide bonds. The average Bonchev–Trinajstić information content (AvgIpc) is 3.69. The normalized spacial score (nSPS) is 11.4. The molecule has 11 aromatic rings. The van der Waals surface area contributed by atoms with Gasteiger partial charge in [0, 0.05) is 33.3 Å². The first-order chi connectivity index (χ1) is 28.8.